The Labute approximate surface area is 140 Å². The van der Waals surface area contributed by atoms with Crippen molar-refractivity contribution in [2.45, 2.75) is 71.7 Å². The van der Waals surface area contributed by atoms with E-state index in [1.165, 1.54) is 5.57 Å². The highest BCUT2D eigenvalue weighted by Crippen LogP contribution is 2.63. The fraction of sp³-hybridized carbons (Fsp3) is 0.800. The van der Waals surface area contributed by atoms with Crippen LogP contribution in [-0.4, -0.2) is 33.1 Å². The van der Waals surface area contributed by atoms with Crippen molar-refractivity contribution in [3.8, 4) is 0 Å². The SMILES string of the molecule is CC(C)C1=CC(O)C2(C)C(O)CC3(C)C=CC(C)(O)CCC3C12. The third kappa shape index (κ3) is 2.43. The van der Waals surface area contributed by atoms with Gasteiger partial charge >= 0.3 is 0 Å². The van der Waals surface area contributed by atoms with Gasteiger partial charge in [-0.05, 0) is 49.4 Å². The topological polar surface area (TPSA) is 60.7 Å². The molecule has 23 heavy (non-hydrogen) atoms. The fourth-order valence-electron chi connectivity index (χ4n) is 5.39. The van der Waals surface area contributed by atoms with E-state index in [2.05, 4.69) is 26.8 Å². The second-order valence-electron chi connectivity index (χ2n) is 9.17. The van der Waals surface area contributed by atoms with Gasteiger partial charge in [-0.3, -0.25) is 0 Å². The Hall–Kier alpha value is -0.640. The zero-order valence-electron chi connectivity index (χ0n) is 15.1. The molecule has 0 spiro atoms. The van der Waals surface area contributed by atoms with Gasteiger partial charge in [-0.15, -0.1) is 0 Å². The molecule has 0 aromatic heterocycles. The van der Waals surface area contributed by atoms with Gasteiger partial charge < -0.3 is 15.3 Å². The summed E-state index contributed by atoms with van der Waals surface area (Å²) in [6, 6.07) is 0. The van der Waals surface area contributed by atoms with Gasteiger partial charge in [0.05, 0.1) is 17.8 Å². The summed E-state index contributed by atoms with van der Waals surface area (Å²) in [5.74, 6) is 0.871. The minimum absolute atomic E-state index is 0.137. The van der Waals surface area contributed by atoms with E-state index >= 15 is 0 Å². The summed E-state index contributed by atoms with van der Waals surface area (Å²) in [6.07, 6.45) is 7.22. The van der Waals surface area contributed by atoms with Crippen molar-refractivity contribution in [2.75, 3.05) is 0 Å². The lowest BCUT2D eigenvalue weighted by Crippen LogP contribution is -2.56. The number of allylic oxidation sites excluding steroid dienone is 2. The first-order valence-corrected chi connectivity index (χ1v) is 9.02. The molecular formula is C20H32O3. The smallest absolute Gasteiger partial charge is 0.0807 e. The highest BCUT2D eigenvalue weighted by Gasteiger charge is 2.62. The maximum absolute atomic E-state index is 10.9. The number of hydrogen-bond acceptors (Lipinski definition) is 3. The monoisotopic (exact) mass is 320 g/mol. The summed E-state index contributed by atoms with van der Waals surface area (Å²) in [5, 5.41) is 32.2. The molecule has 130 valence electrons. The second kappa shape index (κ2) is 5.18. The van der Waals surface area contributed by atoms with E-state index in [9.17, 15) is 15.3 Å². The first kappa shape index (κ1) is 17.2. The molecule has 0 bridgehead atoms. The molecule has 3 nitrogen and oxygen atoms in total. The van der Waals surface area contributed by atoms with Gasteiger partial charge in [0.15, 0.2) is 0 Å². The lowest BCUT2D eigenvalue weighted by Gasteiger charge is -2.55. The van der Waals surface area contributed by atoms with Gasteiger partial charge in [0, 0.05) is 5.41 Å². The molecule has 0 heterocycles. The second-order valence-corrected chi connectivity index (χ2v) is 9.17. The molecule has 7 atom stereocenters. The Kier molecular flexibility index (Phi) is 3.87. The fourth-order valence-corrected chi connectivity index (χ4v) is 5.39. The molecule has 1 saturated carbocycles. The van der Waals surface area contributed by atoms with Gasteiger partial charge in [0.1, 0.15) is 0 Å². The Morgan fingerprint density at radius 2 is 1.78 bits per heavy atom. The van der Waals surface area contributed by atoms with Crippen LogP contribution in [0.5, 0.6) is 0 Å². The van der Waals surface area contributed by atoms with E-state index < -0.39 is 23.2 Å². The van der Waals surface area contributed by atoms with Crippen molar-refractivity contribution >= 4 is 0 Å². The third-order valence-electron chi connectivity index (χ3n) is 7.07. The van der Waals surface area contributed by atoms with Gasteiger partial charge in [-0.2, -0.15) is 0 Å². The largest absolute Gasteiger partial charge is 0.392 e. The Morgan fingerprint density at radius 3 is 2.39 bits per heavy atom. The highest BCUT2D eigenvalue weighted by atomic mass is 16.3. The summed E-state index contributed by atoms with van der Waals surface area (Å²) in [5.41, 5.74) is -0.138. The Morgan fingerprint density at radius 1 is 1.13 bits per heavy atom. The van der Waals surface area contributed by atoms with Crippen LogP contribution in [0.3, 0.4) is 0 Å². The van der Waals surface area contributed by atoms with E-state index in [1.54, 1.807) is 0 Å². The van der Waals surface area contributed by atoms with Crippen molar-refractivity contribution in [3.05, 3.63) is 23.8 Å². The van der Waals surface area contributed by atoms with E-state index in [0.29, 0.717) is 18.3 Å². The highest BCUT2D eigenvalue weighted by molar-refractivity contribution is 5.32. The summed E-state index contributed by atoms with van der Waals surface area (Å²) in [4.78, 5) is 0. The van der Waals surface area contributed by atoms with Crippen molar-refractivity contribution in [1.82, 2.24) is 0 Å². The van der Waals surface area contributed by atoms with Crippen LogP contribution in [0.4, 0.5) is 0 Å². The van der Waals surface area contributed by atoms with Crippen LogP contribution >= 0.6 is 0 Å². The molecule has 0 aromatic rings. The molecular weight excluding hydrogens is 288 g/mol. The van der Waals surface area contributed by atoms with Crippen molar-refractivity contribution in [3.63, 3.8) is 0 Å². The summed E-state index contributed by atoms with van der Waals surface area (Å²) >= 11 is 0. The predicted molar refractivity (Wildman–Crippen MR) is 91.7 cm³/mol. The number of aliphatic hydroxyl groups is 3. The van der Waals surface area contributed by atoms with Crippen LogP contribution in [0.15, 0.2) is 23.8 Å². The number of rotatable bonds is 1. The van der Waals surface area contributed by atoms with E-state index in [-0.39, 0.29) is 11.3 Å². The molecule has 3 rings (SSSR count). The molecule has 3 N–H and O–H groups in total. The number of aliphatic hydroxyl groups excluding tert-OH is 2. The molecule has 0 saturated heterocycles. The summed E-state index contributed by atoms with van der Waals surface area (Å²) in [6.45, 7) is 10.5. The normalized spacial score (nSPS) is 52.8. The zero-order chi connectivity index (χ0) is 17.2. The molecule has 0 aromatic carbocycles. The van der Waals surface area contributed by atoms with Crippen LogP contribution < -0.4 is 0 Å². The molecule has 1 fully saturated rings. The zero-order valence-corrected chi connectivity index (χ0v) is 15.1. The minimum Gasteiger partial charge on any atom is -0.392 e. The standard InChI is InChI=1S/C20H32O3/c1-12(2)13-10-15(21)20(5)16(22)11-18(3)8-9-19(4,23)7-6-14(18)17(13)20/h8-10,12,14-17,21-23H,6-7,11H2,1-5H3. The molecule has 3 aliphatic rings. The van der Waals surface area contributed by atoms with Crippen LogP contribution in [0, 0.1) is 28.6 Å². The minimum atomic E-state index is -0.777. The van der Waals surface area contributed by atoms with Gasteiger partial charge in [-0.1, -0.05) is 51.5 Å². The molecule has 3 aliphatic carbocycles. The van der Waals surface area contributed by atoms with Gasteiger partial charge in [-0.25, -0.2) is 0 Å². The predicted octanol–water partition coefficient (Wildman–Crippen LogP) is 3.05. The molecule has 0 radical (unpaired) electrons. The third-order valence-corrected chi connectivity index (χ3v) is 7.07. The van der Waals surface area contributed by atoms with E-state index in [1.807, 2.05) is 26.0 Å². The van der Waals surface area contributed by atoms with Gasteiger partial charge in [0.2, 0.25) is 0 Å². The van der Waals surface area contributed by atoms with Crippen LogP contribution in [0.25, 0.3) is 0 Å². The molecule has 3 heteroatoms. The maximum Gasteiger partial charge on any atom is 0.0807 e. The van der Waals surface area contributed by atoms with Crippen molar-refractivity contribution in [2.24, 2.45) is 28.6 Å². The summed E-state index contributed by atoms with van der Waals surface area (Å²) < 4.78 is 0. The maximum atomic E-state index is 10.9. The van der Waals surface area contributed by atoms with Crippen LogP contribution in [0.1, 0.15) is 53.9 Å². The van der Waals surface area contributed by atoms with Crippen LogP contribution in [0.2, 0.25) is 0 Å². The van der Waals surface area contributed by atoms with Gasteiger partial charge in [0.25, 0.3) is 0 Å². The molecule has 0 aliphatic heterocycles. The van der Waals surface area contributed by atoms with Crippen molar-refractivity contribution in [1.29, 1.82) is 0 Å². The average molecular weight is 320 g/mol. The Balaban J connectivity index is 2.09. The first-order valence-electron chi connectivity index (χ1n) is 9.02. The lowest BCUT2D eigenvalue weighted by atomic mass is 9.50. The average Bonchev–Trinajstić information content (AvgIpc) is 2.64. The van der Waals surface area contributed by atoms with E-state index in [4.69, 9.17) is 0 Å². The Bertz CT molecular complexity index is 547. The van der Waals surface area contributed by atoms with E-state index in [0.717, 1.165) is 12.8 Å². The van der Waals surface area contributed by atoms with Crippen molar-refractivity contribution < 1.29 is 15.3 Å². The lowest BCUT2D eigenvalue weighted by molar-refractivity contribution is -0.135. The first-order chi connectivity index (χ1) is 10.5. The number of hydrogen-bond donors (Lipinski definition) is 3. The summed E-state index contributed by atoms with van der Waals surface area (Å²) in [7, 11) is 0. The molecule has 0 amide bonds. The molecule has 7 unspecified atom stereocenters. The quantitative estimate of drug-likeness (QED) is 0.651. The number of fused-ring (bicyclic) bond motifs is 3. The van der Waals surface area contributed by atoms with Crippen LogP contribution in [-0.2, 0) is 0 Å².